The van der Waals surface area contributed by atoms with E-state index in [-0.39, 0.29) is 11.9 Å². The van der Waals surface area contributed by atoms with Gasteiger partial charge in [0.15, 0.2) is 6.10 Å². The molecule has 4 rings (SSSR count). The third kappa shape index (κ3) is 4.98. The Bertz CT molecular complexity index is 1370. The molecule has 2 atom stereocenters. The van der Waals surface area contributed by atoms with Crippen molar-refractivity contribution in [2.45, 2.75) is 59.3 Å². The molecule has 4 aromatic rings. The predicted octanol–water partition coefficient (Wildman–Crippen LogP) is 7.01. The van der Waals surface area contributed by atoms with Crippen LogP contribution < -0.4 is 0 Å². The number of carbonyl (C=O) groups is 1. The molecule has 5 nitrogen and oxygen atoms in total. The van der Waals surface area contributed by atoms with Gasteiger partial charge >= 0.3 is 5.97 Å². The zero-order chi connectivity index (χ0) is 25.5. The highest BCUT2D eigenvalue weighted by Gasteiger charge is 2.33. The van der Waals surface area contributed by atoms with Gasteiger partial charge in [0.05, 0.1) is 11.6 Å². The maximum atomic E-state index is 13.5. The highest BCUT2D eigenvalue weighted by Crippen LogP contribution is 2.40. The van der Waals surface area contributed by atoms with Crippen molar-refractivity contribution in [2.75, 3.05) is 0 Å². The zero-order valence-electron chi connectivity index (χ0n) is 21.0. The summed E-state index contributed by atoms with van der Waals surface area (Å²) in [6, 6.07) is 16.3. The molecule has 0 spiro atoms. The number of fused-ring (bicyclic) bond motifs is 1. The molecule has 35 heavy (non-hydrogen) atoms. The summed E-state index contributed by atoms with van der Waals surface area (Å²) in [6.07, 6.45) is 0.772. The predicted molar refractivity (Wildman–Crippen MR) is 136 cm³/mol. The maximum Gasteiger partial charge on any atom is 0.337 e. The molecule has 2 aromatic heterocycles. The molecule has 6 heteroatoms. The fourth-order valence-corrected chi connectivity index (χ4v) is 4.45. The second-order valence-electron chi connectivity index (χ2n) is 9.99. The number of aromatic nitrogens is 2. The van der Waals surface area contributed by atoms with Crippen LogP contribution in [0.15, 0.2) is 60.8 Å². The molecule has 0 aliphatic carbocycles. The molecule has 0 amide bonds. The van der Waals surface area contributed by atoms with Crippen molar-refractivity contribution in [3.8, 4) is 11.1 Å². The van der Waals surface area contributed by atoms with E-state index in [2.05, 4.69) is 0 Å². The minimum atomic E-state index is -1.18. The first kappa shape index (κ1) is 24.6. The first-order valence-corrected chi connectivity index (χ1v) is 11.7. The van der Waals surface area contributed by atoms with E-state index in [0.717, 1.165) is 33.3 Å². The van der Waals surface area contributed by atoms with Crippen LogP contribution in [0, 0.1) is 19.7 Å². The van der Waals surface area contributed by atoms with E-state index in [1.807, 2.05) is 82.6 Å². The van der Waals surface area contributed by atoms with Crippen LogP contribution in [0.25, 0.3) is 22.2 Å². The number of carboxylic acids is 1. The minimum Gasteiger partial charge on any atom is -0.479 e. The number of ether oxygens (including phenoxy) is 1. The molecular weight excluding hydrogens is 443 g/mol. The highest BCUT2D eigenvalue weighted by atomic mass is 19.1. The average molecular weight is 475 g/mol. The van der Waals surface area contributed by atoms with E-state index in [0.29, 0.717) is 11.3 Å². The number of halogens is 1. The van der Waals surface area contributed by atoms with Crippen molar-refractivity contribution >= 4 is 17.0 Å². The topological polar surface area (TPSA) is 64.3 Å². The van der Waals surface area contributed by atoms with Crippen LogP contribution >= 0.6 is 0 Å². The summed E-state index contributed by atoms with van der Waals surface area (Å²) >= 11 is 0. The Morgan fingerprint density at radius 1 is 1.03 bits per heavy atom. The van der Waals surface area contributed by atoms with E-state index in [4.69, 9.17) is 9.72 Å². The van der Waals surface area contributed by atoms with Gasteiger partial charge < -0.3 is 14.4 Å². The van der Waals surface area contributed by atoms with Gasteiger partial charge in [0, 0.05) is 28.4 Å². The molecule has 0 aliphatic heterocycles. The third-order valence-corrected chi connectivity index (χ3v) is 6.16. The lowest BCUT2D eigenvalue weighted by Gasteiger charge is -2.28. The first-order valence-electron chi connectivity index (χ1n) is 11.7. The van der Waals surface area contributed by atoms with Crippen LogP contribution in [0.4, 0.5) is 4.39 Å². The van der Waals surface area contributed by atoms with Crippen molar-refractivity contribution in [2.24, 2.45) is 0 Å². The summed E-state index contributed by atoms with van der Waals surface area (Å²) < 4.78 is 21.6. The van der Waals surface area contributed by atoms with E-state index in [1.54, 1.807) is 12.1 Å². The summed E-state index contributed by atoms with van der Waals surface area (Å²) in [6.45, 7) is 11.4. The van der Waals surface area contributed by atoms with E-state index in [9.17, 15) is 14.3 Å². The summed E-state index contributed by atoms with van der Waals surface area (Å²) in [5.74, 6) is -1.34. The number of aryl methyl sites for hydroxylation is 2. The zero-order valence-corrected chi connectivity index (χ0v) is 21.0. The lowest BCUT2D eigenvalue weighted by Crippen LogP contribution is -2.28. The first-order chi connectivity index (χ1) is 16.5. The molecule has 182 valence electrons. The molecular formula is C29H31FN2O3. The molecule has 0 aliphatic rings. The summed E-state index contributed by atoms with van der Waals surface area (Å²) in [5, 5.41) is 11.0. The summed E-state index contributed by atoms with van der Waals surface area (Å²) in [7, 11) is 0. The smallest absolute Gasteiger partial charge is 0.337 e. The number of aliphatic carboxylic acids is 1. The van der Waals surface area contributed by atoms with E-state index in [1.165, 1.54) is 12.1 Å². The molecule has 2 aromatic carbocycles. The van der Waals surface area contributed by atoms with Crippen LogP contribution in [0.5, 0.6) is 0 Å². The van der Waals surface area contributed by atoms with Crippen LogP contribution in [0.2, 0.25) is 0 Å². The van der Waals surface area contributed by atoms with Gasteiger partial charge in [-0.05, 0) is 70.9 Å². The molecule has 2 heterocycles. The van der Waals surface area contributed by atoms with Gasteiger partial charge in [-0.25, -0.2) is 14.2 Å². The Morgan fingerprint density at radius 3 is 2.23 bits per heavy atom. The number of carboxylic acid groups (broad SMARTS) is 1. The Morgan fingerprint density at radius 2 is 1.66 bits per heavy atom. The molecule has 0 bridgehead atoms. The average Bonchev–Trinajstić information content (AvgIpc) is 3.20. The lowest BCUT2D eigenvalue weighted by atomic mass is 9.92. The quantitative estimate of drug-likeness (QED) is 0.326. The van der Waals surface area contributed by atoms with Crippen molar-refractivity contribution < 1.29 is 19.0 Å². The number of hydrogen-bond acceptors (Lipinski definition) is 3. The number of pyridine rings is 1. The number of hydrogen-bond donors (Lipinski definition) is 1. The monoisotopic (exact) mass is 474 g/mol. The molecule has 0 unspecified atom stereocenters. The van der Waals surface area contributed by atoms with Crippen molar-refractivity contribution in [1.82, 2.24) is 9.55 Å². The van der Waals surface area contributed by atoms with Crippen LogP contribution in [0.1, 0.15) is 62.2 Å². The van der Waals surface area contributed by atoms with Gasteiger partial charge in [0.2, 0.25) is 0 Å². The third-order valence-electron chi connectivity index (χ3n) is 6.16. The van der Waals surface area contributed by atoms with Crippen LogP contribution in [0.3, 0.4) is 0 Å². The normalized spacial score (nSPS) is 13.7. The Labute approximate surface area is 205 Å². The minimum absolute atomic E-state index is 0.0992. The number of nitrogens with zero attached hydrogens (tertiary/aromatic N) is 2. The molecule has 1 N–H and O–H groups in total. The second kappa shape index (κ2) is 9.27. The Hall–Kier alpha value is -3.51. The van der Waals surface area contributed by atoms with Crippen LogP contribution in [-0.4, -0.2) is 26.2 Å². The molecule has 0 fully saturated rings. The molecule has 0 radical (unpaired) electrons. The Balaban J connectivity index is 1.99. The summed E-state index contributed by atoms with van der Waals surface area (Å²) in [5.41, 5.74) is 4.97. The fourth-order valence-electron chi connectivity index (χ4n) is 4.45. The standard InChI is InChI=1S/C29H31FN2O3/c1-17-7-9-21(10-8-17)25-23-15-16-32(19(3)20-11-13-22(30)14-12-20)27(23)31-18(2)24(25)26(28(33)34)35-29(4,5)6/h7-16,19,26H,1-6H3,(H,33,34)/t19-,26+/m1/s1. The number of benzene rings is 2. The van der Waals surface area contributed by atoms with Crippen LogP contribution in [-0.2, 0) is 9.53 Å². The van der Waals surface area contributed by atoms with Crippen molar-refractivity contribution in [3.63, 3.8) is 0 Å². The largest absolute Gasteiger partial charge is 0.479 e. The van der Waals surface area contributed by atoms with Crippen molar-refractivity contribution in [1.29, 1.82) is 0 Å². The van der Waals surface area contributed by atoms with Gasteiger partial charge in [0.1, 0.15) is 11.5 Å². The van der Waals surface area contributed by atoms with Gasteiger partial charge in [0.25, 0.3) is 0 Å². The number of rotatable bonds is 6. The maximum absolute atomic E-state index is 13.5. The second-order valence-corrected chi connectivity index (χ2v) is 9.99. The Kier molecular flexibility index (Phi) is 6.52. The van der Waals surface area contributed by atoms with E-state index < -0.39 is 17.7 Å². The summed E-state index contributed by atoms with van der Waals surface area (Å²) in [4.78, 5) is 17.3. The van der Waals surface area contributed by atoms with Gasteiger partial charge in [-0.1, -0.05) is 42.0 Å². The van der Waals surface area contributed by atoms with Gasteiger partial charge in [-0.3, -0.25) is 0 Å². The van der Waals surface area contributed by atoms with Gasteiger partial charge in [-0.15, -0.1) is 0 Å². The lowest BCUT2D eigenvalue weighted by molar-refractivity contribution is -0.160. The van der Waals surface area contributed by atoms with Gasteiger partial charge in [-0.2, -0.15) is 0 Å². The van der Waals surface area contributed by atoms with Crippen molar-refractivity contribution in [3.05, 3.63) is 89.0 Å². The molecule has 0 saturated heterocycles. The fraction of sp³-hybridized carbons (Fsp3) is 0.310. The van der Waals surface area contributed by atoms with E-state index >= 15 is 0 Å². The highest BCUT2D eigenvalue weighted by molar-refractivity contribution is 5.98. The molecule has 0 saturated carbocycles. The SMILES string of the molecule is Cc1ccc(-c2c([C@H](OC(C)(C)C)C(=O)O)c(C)nc3c2ccn3[C@H](C)c2ccc(F)cc2)cc1.